The first-order valence-corrected chi connectivity index (χ1v) is 9.00. The van der Waals surface area contributed by atoms with Crippen LogP contribution in [0.3, 0.4) is 0 Å². The van der Waals surface area contributed by atoms with Gasteiger partial charge >= 0.3 is 0 Å². The average Bonchev–Trinajstić information content (AvgIpc) is 2.63. The van der Waals surface area contributed by atoms with Crippen molar-refractivity contribution >= 4 is 46.4 Å². The summed E-state index contributed by atoms with van der Waals surface area (Å²) in [6.45, 7) is 0.567. The Balaban J connectivity index is 1.77. The van der Waals surface area contributed by atoms with E-state index in [1.807, 2.05) is 0 Å². The van der Waals surface area contributed by atoms with Crippen LogP contribution in [0.5, 0.6) is 5.75 Å². The molecule has 6 nitrogen and oxygen atoms in total. The predicted molar refractivity (Wildman–Crippen MR) is 109 cm³/mol. The van der Waals surface area contributed by atoms with Crippen molar-refractivity contribution < 1.29 is 14.3 Å². The van der Waals surface area contributed by atoms with Gasteiger partial charge in [0, 0.05) is 29.7 Å². The molecule has 0 aliphatic rings. The van der Waals surface area contributed by atoms with Crippen LogP contribution < -0.4 is 15.4 Å². The zero-order chi connectivity index (χ0) is 19.8. The lowest BCUT2D eigenvalue weighted by molar-refractivity contribution is -0.119. The fourth-order valence-corrected chi connectivity index (χ4v) is 2.66. The third-order valence-electron chi connectivity index (χ3n) is 3.69. The van der Waals surface area contributed by atoms with Crippen molar-refractivity contribution in [2.24, 2.45) is 0 Å². The molecule has 144 valence electrons. The molecule has 0 aromatic heterocycles. The monoisotopic (exact) mass is 409 g/mol. The molecule has 2 amide bonds. The second kappa shape index (κ2) is 10.2. The number of anilines is 2. The van der Waals surface area contributed by atoms with Crippen LogP contribution in [0.25, 0.3) is 0 Å². The molecule has 0 aliphatic heterocycles. The van der Waals surface area contributed by atoms with Gasteiger partial charge in [0.05, 0.1) is 24.4 Å². The SMILES string of the molecule is COc1cccc(NC(=O)CN(C)CCC(=O)Nc2cc(Cl)ccc2Cl)c1. The molecule has 2 aromatic rings. The van der Waals surface area contributed by atoms with Gasteiger partial charge in [0.2, 0.25) is 11.8 Å². The second-order valence-corrected chi connectivity index (χ2v) is 6.78. The van der Waals surface area contributed by atoms with Crippen LogP contribution in [0.2, 0.25) is 10.0 Å². The summed E-state index contributed by atoms with van der Waals surface area (Å²) >= 11 is 11.9. The Bertz CT molecular complexity index is 815. The van der Waals surface area contributed by atoms with Gasteiger partial charge in [-0.1, -0.05) is 29.3 Å². The minimum atomic E-state index is -0.209. The maximum Gasteiger partial charge on any atom is 0.238 e. The average molecular weight is 410 g/mol. The summed E-state index contributed by atoms with van der Waals surface area (Å²) in [5, 5.41) is 6.41. The standard InChI is InChI=1S/C19H21Cl2N3O3/c1-24(12-19(26)22-14-4-3-5-15(11-14)27-2)9-8-18(25)23-17-10-13(20)6-7-16(17)21/h3-7,10-11H,8-9,12H2,1-2H3,(H,22,26)(H,23,25). The fourth-order valence-electron chi connectivity index (χ4n) is 2.32. The molecule has 0 aliphatic carbocycles. The Hall–Kier alpha value is -2.28. The molecule has 0 fully saturated rings. The lowest BCUT2D eigenvalue weighted by atomic mass is 10.3. The molecule has 2 N–H and O–H groups in total. The summed E-state index contributed by atoms with van der Waals surface area (Å²) < 4.78 is 5.12. The van der Waals surface area contributed by atoms with Crippen LogP contribution in [-0.2, 0) is 9.59 Å². The number of ether oxygens (including phenoxy) is 1. The number of nitrogens with one attached hydrogen (secondary N) is 2. The number of hydrogen-bond acceptors (Lipinski definition) is 4. The van der Waals surface area contributed by atoms with E-state index in [9.17, 15) is 9.59 Å². The highest BCUT2D eigenvalue weighted by Crippen LogP contribution is 2.25. The Morgan fingerprint density at radius 1 is 1.07 bits per heavy atom. The normalized spacial score (nSPS) is 10.6. The quantitative estimate of drug-likeness (QED) is 0.693. The van der Waals surface area contributed by atoms with E-state index in [2.05, 4.69) is 10.6 Å². The van der Waals surface area contributed by atoms with E-state index in [0.29, 0.717) is 33.7 Å². The third-order valence-corrected chi connectivity index (χ3v) is 4.25. The van der Waals surface area contributed by atoms with E-state index in [1.165, 1.54) is 0 Å². The summed E-state index contributed by atoms with van der Waals surface area (Å²) in [6, 6.07) is 12.0. The second-order valence-electron chi connectivity index (χ2n) is 5.94. The zero-order valence-corrected chi connectivity index (χ0v) is 16.6. The van der Waals surface area contributed by atoms with Crippen molar-refractivity contribution in [2.75, 3.05) is 37.9 Å². The summed E-state index contributed by atoms with van der Waals surface area (Å²) in [4.78, 5) is 25.9. The van der Waals surface area contributed by atoms with Crippen LogP contribution in [0.4, 0.5) is 11.4 Å². The molecule has 0 saturated heterocycles. The van der Waals surface area contributed by atoms with Gasteiger partial charge in [-0.05, 0) is 37.4 Å². The number of benzene rings is 2. The van der Waals surface area contributed by atoms with Gasteiger partial charge in [0.25, 0.3) is 0 Å². The minimum absolute atomic E-state index is 0.155. The lowest BCUT2D eigenvalue weighted by Crippen LogP contribution is -2.32. The number of hydrogen-bond donors (Lipinski definition) is 2. The summed E-state index contributed by atoms with van der Waals surface area (Å²) in [6.07, 6.45) is 0.214. The molecule has 0 radical (unpaired) electrons. The molecule has 8 heteroatoms. The third kappa shape index (κ3) is 7.09. The number of likely N-dealkylation sites (N-methyl/N-ethyl adjacent to an activating group) is 1. The number of halogens is 2. The highest BCUT2D eigenvalue weighted by atomic mass is 35.5. The van der Waals surface area contributed by atoms with Crippen LogP contribution >= 0.6 is 23.2 Å². The summed E-state index contributed by atoms with van der Waals surface area (Å²) in [7, 11) is 3.33. The smallest absolute Gasteiger partial charge is 0.238 e. The molecule has 0 bridgehead atoms. The molecule has 0 atom stereocenters. The molecule has 2 aromatic carbocycles. The van der Waals surface area contributed by atoms with Crippen LogP contribution in [0.15, 0.2) is 42.5 Å². The first-order chi connectivity index (χ1) is 12.9. The predicted octanol–water partition coefficient (Wildman–Crippen LogP) is 3.90. The van der Waals surface area contributed by atoms with Crippen LogP contribution in [-0.4, -0.2) is 44.0 Å². The minimum Gasteiger partial charge on any atom is -0.497 e. The van der Waals surface area contributed by atoms with E-state index in [-0.39, 0.29) is 24.8 Å². The van der Waals surface area contributed by atoms with Gasteiger partial charge in [-0.15, -0.1) is 0 Å². The van der Waals surface area contributed by atoms with E-state index < -0.39 is 0 Å². The van der Waals surface area contributed by atoms with Crippen molar-refractivity contribution in [2.45, 2.75) is 6.42 Å². The highest BCUT2D eigenvalue weighted by Gasteiger charge is 2.11. The Morgan fingerprint density at radius 3 is 2.59 bits per heavy atom. The van der Waals surface area contributed by atoms with Gasteiger partial charge in [0.1, 0.15) is 5.75 Å². The molecule has 0 saturated carbocycles. The first-order valence-electron chi connectivity index (χ1n) is 8.24. The highest BCUT2D eigenvalue weighted by molar-refractivity contribution is 6.35. The van der Waals surface area contributed by atoms with Crippen molar-refractivity contribution in [3.63, 3.8) is 0 Å². The van der Waals surface area contributed by atoms with Gasteiger partial charge in [-0.3, -0.25) is 14.5 Å². The Kier molecular flexibility index (Phi) is 7.91. The Morgan fingerprint density at radius 2 is 1.85 bits per heavy atom. The van der Waals surface area contributed by atoms with E-state index in [0.717, 1.165) is 0 Å². The van der Waals surface area contributed by atoms with Gasteiger partial charge in [-0.25, -0.2) is 0 Å². The number of carbonyl (C=O) groups excluding carboxylic acids is 2. The van der Waals surface area contributed by atoms with Gasteiger partial charge < -0.3 is 15.4 Å². The van der Waals surface area contributed by atoms with Crippen LogP contribution in [0, 0.1) is 0 Å². The molecular formula is C19H21Cl2N3O3. The molecular weight excluding hydrogens is 389 g/mol. The largest absolute Gasteiger partial charge is 0.497 e. The lowest BCUT2D eigenvalue weighted by Gasteiger charge is -2.16. The van der Waals surface area contributed by atoms with E-state index in [1.54, 1.807) is 61.5 Å². The number of amides is 2. The molecule has 27 heavy (non-hydrogen) atoms. The Labute approximate surface area is 168 Å². The number of nitrogens with zero attached hydrogens (tertiary/aromatic N) is 1. The van der Waals surface area contributed by atoms with Gasteiger partial charge in [-0.2, -0.15) is 0 Å². The number of rotatable bonds is 8. The van der Waals surface area contributed by atoms with Crippen molar-refractivity contribution in [3.05, 3.63) is 52.5 Å². The van der Waals surface area contributed by atoms with Gasteiger partial charge in [0.15, 0.2) is 0 Å². The molecule has 0 heterocycles. The molecule has 0 unspecified atom stereocenters. The summed E-state index contributed by atoms with van der Waals surface area (Å²) in [5.41, 5.74) is 1.12. The van der Waals surface area contributed by atoms with E-state index >= 15 is 0 Å². The van der Waals surface area contributed by atoms with E-state index in [4.69, 9.17) is 27.9 Å². The summed E-state index contributed by atoms with van der Waals surface area (Å²) in [5.74, 6) is 0.278. The maximum absolute atomic E-state index is 12.1. The van der Waals surface area contributed by atoms with Crippen molar-refractivity contribution in [3.8, 4) is 5.75 Å². The topological polar surface area (TPSA) is 70.7 Å². The fraction of sp³-hybridized carbons (Fsp3) is 0.263. The number of methoxy groups -OCH3 is 1. The zero-order valence-electron chi connectivity index (χ0n) is 15.1. The molecule has 0 spiro atoms. The van der Waals surface area contributed by atoms with Crippen LogP contribution in [0.1, 0.15) is 6.42 Å². The molecule has 2 rings (SSSR count). The number of carbonyl (C=O) groups is 2. The van der Waals surface area contributed by atoms with Crippen molar-refractivity contribution in [1.29, 1.82) is 0 Å². The van der Waals surface area contributed by atoms with Crippen molar-refractivity contribution in [1.82, 2.24) is 4.90 Å². The maximum atomic E-state index is 12.1. The first kappa shape index (κ1) is 21.0.